The molecule has 1 fully saturated rings. The van der Waals surface area contributed by atoms with Gasteiger partial charge in [-0.1, -0.05) is 71.6 Å². The minimum Gasteiger partial charge on any atom is -0.302 e. The molecule has 3 rings (SSSR count). The zero-order valence-corrected chi connectivity index (χ0v) is 33.1. The molecule has 6 N–H and O–H groups in total. The van der Waals surface area contributed by atoms with Crippen LogP contribution in [0.3, 0.4) is 0 Å². The highest BCUT2D eigenvalue weighted by molar-refractivity contribution is 7.61. The van der Waals surface area contributed by atoms with Gasteiger partial charge >= 0.3 is 31.3 Å². The van der Waals surface area contributed by atoms with E-state index in [1.165, 1.54) is 30.4 Å². The van der Waals surface area contributed by atoms with Crippen LogP contribution >= 0.6 is 31.3 Å². The van der Waals surface area contributed by atoms with Gasteiger partial charge in [-0.3, -0.25) is 9.05 Å². The van der Waals surface area contributed by atoms with Crippen LogP contribution in [0.25, 0.3) is 0 Å². The van der Waals surface area contributed by atoms with Crippen molar-refractivity contribution in [2.24, 2.45) is 11.3 Å². The first-order chi connectivity index (χ1) is 21.7. The fourth-order valence-electron chi connectivity index (χ4n) is 4.85. The Morgan fingerprint density at radius 2 is 1.08 bits per heavy atom. The monoisotopic (exact) mass is 764 g/mol. The quantitative estimate of drug-likeness (QED) is 0.0637. The van der Waals surface area contributed by atoms with E-state index in [1.54, 1.807) is 23.3 Å². The van der Waals surface area contributed by atoms with E-state index in [9.17, 15) is 18.3 Å². The molecule has 0 aromatic heterocycles. The molecule has 0 aliphatic heterocycles. The number of hydrogen-bond acceptors (Lipinski definition) is 8. The third kappa shape index (κ3) is 22.8. The summed E-state index contributed by atoms with van der Waals surface area (Å²) in [6.45, 7) is 18.2. The van der Waals surface area contributed by atoms with Crippen LogP contribution in [0.1, 0.15) is 107 Å². The van der Waals surface area contributed by atoms with Crippen molar-refractivity contribution in [1.82, 2.24) is 0 Å². The molecule has 0 aromatic rings. The third-order valence-corrected chi connectivity index (χ3v) is 11.9. The second kappa shape index (κ2) is 20.9. The molecule has 3 unspecified atom stereocenters. The summed E-state index contributed by atoms with van der Waals surface area (Å²) in [5.41, 5.74) is 8.33. The van der Waals surface area contributed by atoms with Gasteiger partial charge in [0.05, 0.1) is 13.2 Å². The van der Waals surface area contributed by atoms with Gasteiger partial charge in [-0.05, 0) is 105 Å². The Labute approximate surface area is 285 Å². The fourth-order valence-corrected chi connectivity index (χ4v) is 7.91. The largest absolute Gasteiger partial charge is 0.481 e. The average molecular weight is 765 g/mol. The summed E-state index contributed by atoms with van der Waals surface area (Å²) in [6.07, 6.45) is 14.7. The van der Waals surface area contributed by atoms with Crippen LogP contribution in [0.4, 0.5) is 0 Å². The van der Waals surface area contributed by atoms with E-state index in [0.717, 1.165) is 42.7 Å². The Balaban J connectivity index is 0.000000720. The maximum Gasteiger partial charge on any atom is 0.481 e. The molecule has 2 bridgehead atoms. The van der Waals surface area contributed by atoms with E-state index in [2.05, 4.69) is 50.6 Å². The molecule has 0 aromatic carbocycles. The molecule has 3 atom stereocenters. The second-order valence-electron chi connectivity index (χ2n) is 12.8. The van der Waals surface area contributed by atoms with Gasteiger partial charge in [0, 0.05) is 0 Å². The summed E-state index contributed by atoms with van der Waals surface area (Å²) in [4.78, 5) is 51.5. The smallest absolute Gasteiger partial charge is 0.302 e. The molecule has 14 nitrogen and oxygen atoms in total. The molecular formula is C30H56O14P4. The first-order valence-corrected chi connectivity index (χ1v) is 21.5. The molecule has 1 saturated carbocycles. The Kier molecular flexibility index (Phi) is 20.6. The van der Waals surface area contributed by atoms with Crippen molar-refractivity contribution in [3.8, 4) is 0 Å². The highest BCUT2D eigenvalue weighted by Crippen LogP contribution is 2.59. The van der Waals surface area contributed by atoms with E-state index < -0.39 is 31.3 Å². The summed E-state index contributed by atoms with van der Waals surface area (Å²) in [5, 5.41) is 0. The molecule has 0 saturated heterocycles. The van der Waals surface area contributed by atoms with Gasteiger partial charge < -0.3 is 29.4 Å². The highest BCUT2D eigenvalue weighted by atomic mass is 31.3. The number of allylic oxidation sites excluding steroid dienone is 8. The molecule has 0 spiro atoms. The third-order valence-electron chi connectivity index (χ3n) is 7.57. The minimum atomic E-state index is -5.05. The van der Waals surface area contributed by atoms with Crippen molar-refractivity contribution in [3.63, 3.8) is 0 Å². The van der Waals surface area contributed by atoms with Crippen molar-refractivity contribution in [2.75, 3.05) is 13.2 Å². The second-order valence-corrected chi connectivity index (χ2v) is 18.5. The van der Waals surface area contributed by atoms with Gasteiger partial charge in [-0.2, -0.15) is 8.62 Å². The van der Waals surface area contributed by atoms with Crippen molar-refractivity contribution >= 4 is 31.3 Å². The number of phosphoric acid groups is 4. The number of hydrogen-bond donors (Lipinski definition) is 6. The van der Waals surface area contributed by atoms with Crippen LogP contribution in [0, 0.1) is 11.3 Å². The lowest BCUT2D eigenvalue weighted by atomic mass is 9.52. The first kappa shape index (κ1) is 47.2. The number of fused-ring (bicyclic) bond motifs is 2. The molecule has 0 amide bonds. The van der Waals surface area contributed by atoms with Gasteiger partial charge in [0.25, 0.3) is 0 Å². The Hall–Kier alpha value is -0.780. The van der Waals surface area contributed by atoms with Crippen LogP contribution in [0.5, 0.6) is 0 Å². The number of phosphoric ester groups is 2. The molecule has 3 aliphatic rings. The fraction of sp³-hybridized carbons (Fsp3) is 0.667. The maximum atomic E-state index is 11.1. The van der Waals surface area contributed by atoms with Crippen LogP contribution in [0.15, 0.2) is 57.7 Å². The lowest BCUT2D eigenvalue weighted by molar-refractivity contribution is 0.133. The summed E-state index contributed by atoms with van der Waals surface area (Å²) in [5.74, 6) is 1.02. The summed E-state index contributed by atoms with van der Waals surface area (Å²) >= 11 is 0. The van der Waals surface area contributed by atoms with E-state index in [-0.39, 0.29) is 13.2 Å². The molecule has 280 valence electrons. The predicted molar refractivity (Wildman–Crippen MR) is 186 cm³/mol. The lowest BCUT2D eigenvalue weighted by Crippen LogP contribution is -2.41. The van der Waals surface area contributed by atoms with E-state index in [4.69, 9.17) is 29.4 Å². The van der Waals surface area contributed by atoms with Gasteiger partial charge in [0.2, 0.25) is 0 Å². The zero-order chi connectivity index (χ0) is 37.6. The molecule has 18 heteroatoms. The van der Waals surface area contributed by atoms with Crippen molar-refractivity contribution < 1.29 is 65.3 Å². The van der Waals surface area contributed by atoms with Gasteiger partial charge in [-0.25, -0.2) is 18.3 Å². The molecule has 0 radical (unpaired) electrons. The molecule has 3 aliphatic carbocycles. The zero-order valence-electron chi connectivity index (χ0n) is 29.5. The first-order valence-electron chi connectivity index (χ1n) is 15.4. The SMILES string of the molecule is CC(C)=CCCC(C)=CCOP(=O)(O)OP(=O)(O)O.CC(C)=CCCC(C)=CCOP(=O)(O)OP(=O)(O)O.CC1=C2CC(CC1)C2(C)C. The van der Waals surface area contributed by atoms with E-state index in [1.807, 2.05) is 41.5 Å². The standard InChI is InChI=1S/2C10H20O7P2.C10H16/c2*1-9(2)5-4-6-10(3)7-8-16-19(14,15)17-18(11,12)13;1-7-4-5-8-6-9(7)10(8,2)3/h2*5,7H,4,6,8H2,1-3H3,(H,14,15)(H2,11,12,13);8H,4-6H2,1-3H3. The van der Waals surface area contributed by atoms with Crippen molar-refractivity contribution in [1.29, 1.82) is 0 Å². The molecule has 0 heterocycles. The van der Waals surface area contributed by atoms with E-state index in [0.29, 0.717) is 5.41 Å². The number of rotatable bonds is 16. The Bertz CT molecular complexity index is 1310. The van der Waals surface area contributed by atoms with Crippen LogP contribution in [-0.2, 0) is 35.9 Å². The van der Waals surface area contributed by atoms with E-state index >= 15 is 0 Å². The normalized spacial score (nSPS) is 20.1. The van der Waals surface area contributed by atoms with Gasteiger partial charge in [0.15, 0.2) is 0 Å². The highest BCUT2D eigenvalue weighted by Gasteiger charge is 2.46. The average Bonchev–Trinajstić information content (AvgIpc) is 2.85. The topological polar surface area (TPSA) is 227 Å². The van der Waals surface area contributed by atoms with Crippen LogP contribution in [-0.4, -0.2) is 42.6 Å². The Morgan fingerprint density at radius 3 is 1.33 bits per heavy atom. The van der Waals surface area contributed by atoms with Gasteiger partial charge in [-0.15, -0.1) is 0 Å². The Morgan fingerprint density at radius 1 is 0.708 bits per heavy atom. The maximum absolute atomic E-state index is 11.1. The van der Waals surface area contributed by atoms with Crippen LogP contribution in [0.2, 0.25) is 0 Å². The minimum absolute atomic E-state index is 0.256. The van der Waals surface area contributed by atoms with Crippen molar-refractivity contribution in [2.45, 2.75) is 107 Å². The molecular weight excluding hydrogens is 708 g/mol. The summed E-state index contributed by atoms with van der Waals surface area (Å²) in [6, 6.07) is 0. The van der Waals surface area contributed by atoms with Crippen LogP contribution < -0.4 is 0 Å². The lowest BCUT2D eigenvalue weighted by Gasteiger charge is -2.52. The predicted octanol–water partition coefficient (Wildman–Crippen LogP) is 8.95. The summed E-state index contributed by atoms with van der Waals surface area (Å²) < 4.78 is 59.1. The molecule has 48 heavy (non-hydrogen) atoms. The summed E-state index contributed by atoms with van der Waals surface area (Å²) in [7, 11) is -19.6. The van der Waals surface area contributed by atoms with Crippen molar-refractivity contribution in [3.05, 3.63) is 57.7 Å². The van der Waals surface area contributed by atoms with Gasteiger partial charge in [0.1, 0.15) is 0 Å².